The molecule has 0 radical (unpaired) electrons. The molecule has 8 heteroatoms. The lowest BCUT2D eigenvalue weighted by molar-refractivity contribution is -0.129. The molecular formula is C19H20FN3O3S. The molecule has 0 aliphatic carbocycles. The van der Waals surface area contributed by atoms with Crippen LogP contribution in [-0.2, 0) is 16.1 Å². The highest BCUT2D eigenvalue weighted by Gasteiger charge is 2.37. The maximum absolute atomic E-state index is 13.8. The number of nitrogens with one attached hydrogen (secondary N) is 2. The second-order valence-electron chi connectivity index (χ2n) is 6.57. The number of pyridine rings is 1. The van der Waals surface area contributed by atoms with Gasteiger partial charge in [0.05, 0.1) is 4.75 Å². The van der Waals surface area contributed by atoms with Crippen LogP contribution >= 0.6 is 11.8 Å². The molecule has 2 heterocycles. The molecular weight excluding hydrogens is 369 g/mol. The van der Waals surface area contributed by atoms with Crippen molar-refractivity contribution in [2.45, 2.75) is 31.2 Å². The second kappa shape index (κ2) is 7.96. The Bertz CT molecular complexity index is 860. The molecule has 1 unspecified atom stereocenters. The number of hydrogen-bond acceptors (Lipinski definition) is 5. The average Bonchev–Trinajstić information content (AvgIpc) is 2.65. The molecule has 1 aliphatic heterocycles. The molecule has 0 bridgehead atoms. The maximum Gasteiger partial charge on any atom is 0.243 e. The number of thioether (sulfide) groups is 1. The van der Waals surface area contributed by atoms with Crippen molar-refractivity contribution in [3.8, 4) is 11.6 Å². The van der Waals surface area contributed by atoms with Crippen molar-refractivity contribution in [2.75, 3.05) is 5.75 Å². The van der Waals surface area contributed by atoms with Gasteiger partial charge in [-0.25, -0.2) is 9.37 Å². The van der Waals surface area contributed by atoms with Gasteiger partial charge in [-0.15, -0.1) is 11.8 Å². The van der Waals surface area contributed by atoms with E-state index in [9.17, 15) is 14.0 Å². The van der Waals surface area contributed by atoms with Gasteiger partial charge in [0.2, 0.25) is 17.7 Å². The van der Waals surface area contributed by atoms with Gasteiger partial charge < -0.3 is 15.4 Å². The summed E-state index contributed by atoms with van der Waals surface area (Å²) in [4.78, 5) is 28.5. The quantitative estimate of drug-likeness (QED) is 0.822. The smallest absolute Gasteiger partial charge is 0.243 e. The van der Waals surface area contributed by atoms with Crippen molar-refractivity contribution in [2.24, 2.45) is 0 Å². The number of ether oxygens (including phenoxy) is 1. The van der Waals surface area contributed by atoms with Crippen molar-refractivity contribution in [1.82, 2.24) is 15.6 Å². The molecule has 6 nitrogen and oxygen atoms in total. The Labute approximate surface area is 160 Å². The Morgan fingerprint density at radius 2 is 2.15 bits per heavy atom. The molecule has 1 fully saturated rings. The predicted octanol–water partition coefficient (Wildman–Crippen LogP) is 2.64. The Hall–Kier alpha value is -2.61. The van der Waals surface area contributed by atoms with Gasteiger partial charge in [0, 0.05) is 24.1 Å². The number of hydrogen-bond donors (Lipinski definition) is 2. The highest BCUT2D eigenvalue weighted by atomic mass is 32.2. The van der Waals surface area contributed by atoms with E-state index in [4.69, 9.17) is 4.74 Å². The second-order valence-corrected chi connectivity index (χ2v) is 8.21. The standard InChI is InChI=1S/C19H20FN3O3S/c1-19(2)18(25)23-14(11-27-19)16(24)22-10-12-6-5-9-21-17(12)26-15-8-4-3-7-13(15)20/h3-9,14H,10-11H2,1-2H3,(H,22,24)(H,23,25). The summed E-state index contributed by atoms with van der Waals surface area (Å²) in [5, 5.41) is 5.51. The zero-order valence-electron chi connectivity index (χ0n) is 15.0. The fourth-order valence-electron chi connectivity index (χ4n) is 2.46. The van der Waals surface area contributed by atoms with Gasteiger partial charge in [0.15, 0.2) is 11.6 Å². The van der Waals surface area contributed by atoms with Crippen LogP contribution in [0.2, 0.25) is 0 Å². The van der Waals surface area contributed by atoms with Crippen LogP contribution in [-0.4, -0.2) is 33.3 Å². The largest absolute Gasteiger partial charge is 0.436 e. The van der Waals surface area contributed by atoms with Crippen LogP contribution in [0.3, 0.4) is 0 Å². The molecule has 1 atom stereocenters. The lowest BCUT2D eigenvalue weighted by Crippen LogP contribution is -2.57. The van der Waals surface area contributed by atoms with E-state index < -0.39 is 16.6 Å². The van der Waals surface area contributed by atoms with Crippen molar-refractivity contribution in [3.63, 3.8) is 0 Å². The Balaban J connectivity index is 1.64. The Kier molecular flexibility index (Phi) is 5.65. The first-order valence-electron chi connectivity index (χ1n) is 8.46. The van der Waals surface area contributed by atoms with E-state index in [0.717, 1.165) is 0 Å². The molecule has 2 N–H and O–H groups in total. The number of carbonyl (C=O) groups excluding carboxylic acids is 2. The molecule has 1 aliphatic rings. The van der Waals surface area contributed by atoms with Crippen LogP contribution < -0.4 is 15.4 Å². The summed E-state index contributed by atoms with van der Waals surface area (Å²) in [6.45, 7) is 3.79. The molecule has 1 aromatic carbocycles. The number of para-hydroxylation sites is 1. The highest BCUT2D eigenvalue weighted by Crippen LogP contribution is 2.29. The minimum Gasteiger partial charge on any atom is -0.436 e. The van der Waals surface area contributed by atoms with Gasteiger partial charge in [-0.1, -0.05) is 18.2 Å². The molecule has 1 aromatic heterocycles. The van der Waals surface area contributed by atoms with Crippen molar-refractivity contribution < 1.29 is 18.7 Å². The molecule has 0 spiro atoms. The van der Waals surface area contributed by atoms with Crippen LogP contribution in [0.25, 0.3) is 0 Å². The zero-order valence-corrected chi connectivity index (χ0v) is 15.8. The third-order valence-corrected chi connectivity index (χ3v) is 5.53. The van der Waals surface area contributed by atoms with E-state index in [0.29, 0.717) is 11.3 Å². The van der Waals surface area contributed by atoms with Crippen LogP contribution in [0.15, 0.2) is 42.6 Å². The third kappa shape index (κ3) is 4.57. The molecule has 3 rings (SSSR count). The summed E-state index contributed by atoms with van der Waals surface area (Å²) in [6.07, 6.45) is 1.53. The van der Waals surface area contributed by atoms with Gasteiger partial charge in [-0.05, 0) is 32.0 Å². The highest BCUT2D eigenvalue weighted by molar-refractivity contribution is 8.01. The predicted molar refractivity (Wildman–Crippen MR) is 101 cm³/mol. The minimum atomic E-state index is -0.594. The topological polar surface area (TPSA) is 80.3 Å². The summed E-state index contributed by atoms with van der Waals surface area (Å²) in [6, 6.07) is 8.88. The fraction of sp³-hybridized carbons (Fsp3) is 0.316. The normalized spacial score (nSPS) is 18.5. The molecule has 1 saturated heterocycles. The summed E-state index contributed by atoms with van der Waals surface area (Å²) < 4.78 is 18.8. The molecule has 2 aromatic rings. The van der Waals surface area contributed by atoms with Gasteiger partial charge in [0.1, 0.15) is 6.04 Å². The van der Waals surface area contributed by atoms with Gasteiger partial charge in [0.25, 0.3) is 0 Å². The van der Waals surface area contributed by atoms with Crippen LogP contribution in [0.5, 0.6) is 11.6 Å². The molecule has 2 amide bonds. The summed E-state index contributed by atoms with van der Waals surface area (Å²) in [5.74, 6) is -0.178. The number of amides is 2. The maximum atomic E-state index is 13.8. The molecule has 142 valence electrons. The fourth-order valence-corrected chi connectivity index (χ4v) is 3.47. The average molecular weight is 389 g/mol. The first-order valence-corrected chi connectivity index (χ1v) is 9.44. The van der Waals surface area contributed by atoms with Crippen LogP contribution in [0.1, 0.15) is 19.4 Å². The summed E-state index contributed by atoms with van der Waals surface area (Å²) in [5.41, 5.74) is 0.601. The van der Waals surface area contributed by atoms with Crippen molar-refractivity contribution in [3.05, 3.63) is 54.0 Å². The summed E-state index contributed by atoms with van der Waals surface area (Å²) in [7, 11) is 0. The van der Waals surface area contributed by atoms with E-state index in [-0.39, 0.29) is 30.0 Å². The molecule has 27 heavy (non-hydrogen) atoms. The first-order chi connectivity index (χ1) is 12.9. The Morgan fingerprint density at radius 1 is 1.37 bits per heavy atom. The number of aromatic nitrogens is 1. The van der Waals surface area contributed by atoms with E-state index in [1.807, 2.05) is 13.8 Å². The number of carbonyl (C=O) groups is 2. The van der Waals surface area contributed by atoms with Gasteiger partial charge >= 0.3 is 0 Å². The van der Waals surface area contributed by atoms with E-state index in [1.54, 1.807) is 24.3 Å². The number of benzene rings is 1. The van der Waals surface area contributed by atoms with E-state index in [1.165, 1.54) is 30.1 Å². The number of halogens is 1. The SMILES string of the molecule is CC1(C)SCC(C(=O)NCc2cccnc2Oc2ccccc2F)NC1=O. The first kappa shape index (κ1) is 19.2. The van der Waals surface area contributed by atoms with Gasteiger partial charge in [-0.2, -0.15) is 0 Å². The monoisotopic (exact) mass is 389 g/mol. The molecule has 0 saturated carbocycles. The third-order valence-electron chi connectivity index (χ3n) is 4.13. The Morgan fingerprint density at radius 3 is 2.89 bits per heavy atom. The van der Waals surface area contributed by atoms with E-state index in [2.05, 4.69) is 15.6 Å². The van der Waals surface area contributed by atoms with Crippen molar-refractivity contribution in [1.29, 1.82) is 0 Å². The number of rotatable bonds is 5. The lowest BCUT2D eigenvalue weighted by atomic mass is 10.1. The lowest BCUT2D eigenvalue weighted by Gasteiger charge is -2.32. The summed E-state index contributed by atoms with van der Waals surface area (Å²) >= 11 is 1.44. The van der Waals surface area contributed by atoms with Crippen LogP contribution in [0.4, 0.5) is 4.39 Å². The van der Waals surface area contributed by atoms with Gasteiger partial charge in [-0.3, -0.25) is 9.59 Å². The van der Waals surface area contributed by atoms with Crippen LogP contribution in [0, 0.1) is 5.82 Å². The zero-order chi connectivity index (χ0) is 19.4. The number of nitrogens with zero attached hydrogens (tertiary/aromatic N) is 1. The van der Waals surface area contributed by atoms with E-state index >= 15 is 0 Å². The van der Waals surface area contributed by atoms with Crippen molar-refractivity contribution >= 4 is 23.6 Å². The minimum absolute atomic E-state index is 0.0574.